The Balaban J connectivity index is 2.04. The molecule has 2 N–H and O–H groups in total. The summed E-state index contributed by atoms with van der Waals surface area (Å²) in [6.45, 7) is 0.201. The fraction of sp³-hybridized carbons (Fsp3) is 0.900. The van der Waals surface area contributed by atoms with Crippen molar-refractivity contribution in [2.24, 2.45) is 17.6 Å². The van der Waals surface area contributed by atoms with E-state index in [1.165, 1.54) is 0 Å². The SMILES string of the molecule is NC1CCC2CN(C(=O)C(F)(F)C(F)F)CC12. The maximum absolute atomic E-state index is 12.9. The molecular weight excluding hydrogens is 240 g/mol. The van der Waals surface area contributed by atoms with Crippen LogP contribution >= 0.6 is 0 Å². The van der Waals surface area contributed by atoms with Gasteiger partial charge in [-0.25, -0.2) is 8.78 Å². The molecule has 1 heterocycles. The first kappa shape index (κ1) is 12.6. The molecule has 0 spiro atoms. The second kappa shape index (κ2) is 4.12. The van der Waals surface area contributed by atoms with Gasteiger partial charge in [0.15, 0.2) is 0 Å². The zero-order chi connectivity index (χ0) is 12.8. The zero-order valence-electron chi connectivity index (χ0n) is 9.08. The predicted octanol–water partition coefficient (Wildman–Crippen LogP) is 1.08. The summed E-state index contributed by atoms with van der Waals surface area (Å²) >= 11 is 0. The molecule has 0 aromatic heterocycles. The van der Waals surface area contributed by atoms with Gasteiger partial charge in [-0.3, -0.25) is 4.79 Å². The Bertz CT molecular complexity index is 323. The smallest absolute Gasteiger partial charge is 0.337 e. The maximum atomic E-state index is 12.9. The molecule has 17 heavy (non-hydrogen) atoms. The van der Waals surface area contributed by atoms with Gasteiger partial charge < -0.3 is 10.6 Å². The molecule has 1 saturated heterocycles. The summed E-state index contributed by atoms with van der Waals surface area (Å²) in [6, 6.07) is -0.113. The number of carbonyl (C=O) groups excluding carboxylic acids is 1. The zero-order valence-corrected chi connectivity index (χ0v) is 9.08. The van der Waals surface area contributed by atoms with Crippen molar-refractivity contribution in [1.29, 1.82) is 0 Å². The second-order valence-electron chi connectivity index (χ2n) is 4.80. The van der Waals surface area contributed by atoms with Crippen LogP contribution in [0.2, 0.25) is 0 Å². The van der Waals surface area contributed by atoms with Crippen LogP contribution in [-0.2, 0) is 4.79 Å². The standard InChI is InChI=1S/C10H14F4N2O/c11-8(12)10(13,14)9(17)16-3-5-1-2-7(15)6(5)4-16/h5-8H,1-4,15H2. The molecule has 3 nitrogen and oxygen atoms in total. The van der Waals surface area contributed by atoms with Crippen LogP contribution in [0.15, 0.2) is 0 Å². The number of hydrogen-bond donors (Lipinski definition) is 1. The molecular formula is C10H14F4N2O. The molecule has 0 aromatic rings. The van der Waals surface area contributed by atoms with Crippen molar-refractivity contribution in [3.05, 3.63) is 0 Å². The van der Waals surface area contributed by atoms with Gasteiger partial charge in [-0.1, -0.05) is 0 Å². The Morgan fingerprint density at radius 3 is 2.47 bits per heavy atom. The van der Waals surface area contributed by atoms with Crippen LogP contribution in [0.25, 0.3) is 0 Å². The van der Waals surface area contributed by atoms with Crippen molar-refractivity contribution < 1.29 is 22.4 Å². The highest BCUT2D eigenvalue weighted by Gasteiger charge is 2.54. The van der Waals surface area contributed by atoms with E-state index in [4.69, 9.17) is 5.73 Å². The highest BCUT2D eigenvalue weighted by Crippen LogP contribution is 2.39. The first-order chi connectivity index (χ1) is 7.84. The molecule has 0 aromatic carbocycles. The highest BCUT2D eigenvalue weighted by molar-refractivity contribution is 5.84. The summed E-state index contributed by atoms with van der Waals surface area (Å²) in [5, 5.41) is 0. The number of rotatable bonds is 2. The lowest BCUT2D eigenvalue weighted by Crippen LogP contribution is -2.47. The van der Waals surface area contributed by atoms with Crippen molar-refractivity contribution in [2.45, 2.75) is 31.2 Å². The van der Waals surface area contributed by atoms with E-state index in [0.717, 1.165) is 17.7 Å². The summed E-state index contributed by atoms with van der Waals surface area (Å²) in [7, 11) is 0. The van der Waals surface area contributed by atoms with Crippen LogP contribution in [-0.4, -0.2) is 42.3 Å². The lowest BCUT2D eigenvalue weighted by Gasteiger charge is -2.23. The number of amides is 1. The molecule has 98 valence electrons. The summed E-state index contributed by atoms with van der Waals surface area (Å²) in [6.07, 6.45) is -2.37. The number of nitrogens with zero attached hydrogens (tertiary/aromatic N) is 1. The third kappa shape index (κ3) is 2.00. The van der Waals surface area contributed by atoms with Gasteiger partial charge in [-0.15, -0.1) is 0 Å². The third-order valence-electron chi connectivity index (χ3n) is 3.76. The van der Waals surface area contributed by atoms with E-state index in [-0.39, 0.29) is 31.0 Å². The van der Waals surface area contributed by atoms with Crippen molar-refractivity contribution in [3.63, 3.8) is 0 Å². The van der Waals surface area contributed by atoms with Crippen molar-refractivity contribution in [1.82, 2.24) is 4.90 Å². The van der Waals surface area contributed by atoms with Gasteiger partial charge in [0.1, 0.15) is 0 Å². The lowest BCUT2D eigenvalue weighted by atomic mass is 9.98. The fourth-order valence-electron chi connectivity index (χ4n) is 2.78. The van der Waals surface area contributed by atoms with E-state index < -0.39 is 18.3 Å². The number of likely N-dealkylation sites (tertiary alicyclic amines) is 1. The number of fused-ring (bicyclic) bond motifs is 1. The average molecular weight is 254 g/mol. The second-order valence-corrected chi connectivity index (χ2v) is 4.80. The predicted molar refractivity (Wildman–Crippen MR) is 51.7 cm³/mol. The average Bonchev–Trinajstić information content (AvgIpc) is 2.80. The van der Waals surface area contributed by atoms with Gasteiger partial charge in [0.2, 0.25) is 0 Å². The molecule has 1 aliphatic carbocycles. The molecule has 1 amide bonds. The van der Waals surface area contributed by atoms with E-state index in [0.29, 0.717) is 0 Å². The summed E-state index contributed by atoms with van der Waals surface area (Å²) in [4.78, 5) is 12.1. The van der Waals surface area contributed by atoms with Gasteiger partial charge in [0.25, 0.3) is 5.91 Å². The number of nitrogens with two attached hydrogens (primary N) is 1. The van der Waals surface area contributed by atoms with Crippen molar-refractivity contribution in [2.75, 3.05) is 13.1 Å². The van der Waals surface area contributed by atoms with E-state index in [1.807, 2.05) is 0 Å². The number of hydrogen-bond acceptors (Lipinski definition) is 2. The lowest BCUT2D eigenvalue weighted by molar-refractivity contribution is -0.179. The topological polar surface area (TPSA) is 46.3 Å². The van der Waals surface area contributed by atoms with Crippen LogP contribution in [0.4, 0.5) is 17.6 Å². The van der Waals surface area contributed by atoms with Gasteiger partial charge in [-0.2, -0.15) is 8.78 Å². The molecule has 2 fully saturated rings. The molecule has 7 heteroatoms. The van der Waals surface area contributed by atoms with Crippen LogP contribution in [0.3, 0.4) is 0 Å². The van der Waals surface area contributed by atoms with Gasteiger partial charge in [0, 0.05) is 19.1 Å². The molecule has 0 radical (unpaired) electrons. The molecule has 2 rings (SSSR count). The Kier molecular flexibility index (Phi) is 3.05. The van der Waals surface area contributed by atoms with E-state index in [2.05, 4.69) is 0 Å². The number of carbonyl (C=O) groups is 1. The monoisotopic (exact) mass is 254 g/mol. The molecule has 2 aliphatic rings. The quantitative estimate of drug-likeness (QED) is 0.750. The van der Waals surface area contributed by atoms with E-state index >= 15 is 0 Å². The minimum atomic E-state index is -4.58. The van der Waals surface area contributed by atoms with Crippen molar-refractivity contribution >= 4 is 5.91 Å². The van der Waals surface area contributed by atoms with Gasteiger partial charge >= 0.3 is 12.3 Å². The van der Waals surface area contributed by atoms with E-state index in [1.54, 1.807) is 0 Å². The van der Waals surface area contributed by atoms with Crippen molar-refractivity contribution in [3.8, 4) is 0 Å². The minimum Gasteiger partial charge on any atom is -0.337 e. The Morgan fingerprint density at radius 1 is 1.29 bits per heavy atom. The molecule has 1 aliphatic heterocycles. The largest absolute Gasteiger partial charge is 0.383 e. The fourth-order valence-corrected chi connectivity index (χ4v) is 2.78. The molecule has 0 bridgehead atoms. The summed E-state index contributed by atoms with van der Waals surface area (Å²) in [5.41, 5.74) is 5.78. The first-order valence-corrected chi connectivity index (χ1v) is 5.55. The third-order valence-corrected chi connectivity index (χ3v) is 3.76. The highest BCUT2D eigenvalue weighted by atomic mass is 19.3. The minimum absolute atomic E-state index is 0.0209. The summed E-state index contributed by atoms with van der Waals surface area (Å²) < 4.78 is 49.9. The van der Waals surface area contributed by atoms with E-state index in [9.17, 15) is 22.4 Å². The Morgan fingerprint density at radius 2 is 1.94 bits per heavy atom. The molecule has 3 atom stereocenters. The Labute approximate surface area is 95.9 Å². The number of alkyl halides is 4. The van der Waals surface area contributed by atoms with Crippen LogP contribution in [0, 0.1) is 11.8 Å². The molecule has 3 unspecified atom stereocenters. The van der Waals surface area contributed by atoms with Gasteiger partial charge in [-0.05, 0) is 24.7 Å². The Hall–Kier alpha value is -0.850. The normalized spacial score (nSPS) is 33.3. The van der Waals surface area contributed by atoms with Crippen LogP contribution < -0.4 is 5.73 Å². The summed E-state index contributed by atoms with van der Waals surface area (Å²) in [5.74, 6) is -6.29. The van der Waals surface area contributed by atoms with Crippen LogP contribution in [0.5, 0.6) is 0 Å². The maximum Gasteiger partial charge on any atom is 0.383 e. The number of halogens is 4. The molecule has 1 saturated carbocycles. The van der Waals surface area contributed by atoms with Crippen LogP contribution in [0.1, 0.15) is 12.8 Å². The van der Waals surface area contributed by atoms with Gasteiger partial charge in [0.05, 0.1) is 0 Å². The first-order valence-electron chi connectivity index (χ1n) is 5.55.